The number of para-hydroxylation sites is 1. The molecule has 0 saturated carbocycles. The largest absolute Gasteiger partial charge is 0.458 e. The summed E-state index contributed by atoms with van der Waals surface area (Å²) in [5, 5.41) is 17.0. The zero-order chi connectivity index (χ0) is 19.4. The van der Waals surface area contributed by atoms with Crippen LogP contribution in [0.3, 0.4) is 0 Å². The number of hydrogen-bond acceptors (Lipinski definition) is 4. The number of carbonyl (C=O) groups excluding carboxylic acids is 2. The standard InChI is InChI=1S/C20H19ClN2O4/c1-20(26,17-10-14-4-2-3-5-16(14)27-17)12-23-19(25)18(24)22-11-13-6-8-15(21)9-7-13/h2-10,26H,11-12H2,1H3,(H,22,24)(H,23,25). The average molecular weight is 387 g/mol. The molecule has 1 aromatic heterocycles. The van der Waals surface area contributed by atoms with E-state index in [2.05, 4.69) is 10.6 Å². The molecule has 0 aliphatic rings. The van der Waals surface area contributed by atoms with E-state index >= 15 is 0 Å². The number of hydrogen-bond donors (Lipinski definition) is 3. The van der Waals surface area contributed by atoms with Gasteiger partial charge in [0.1, 0.15) is 16.9 Å². The van der Waals surface area contributed by atoms with Crippen molar-refractivity contribution in [2.24, 2.45) is 0 Å². The summed E-state index contributed by atoms with van der Waals surface area (Å²) >= 11 is 5.80. The lowest BCUT2D eigenvalue weighted by Crippen LogP contribution is -2.45. The van der Waals surface area contributed by atoms with Gasteiger partial charge in [-0.2, -0.15) is 0 Å². The lowest BCUT2D eigenvalue weighted by molar-refractivity contribution is -0.140. The Morgan fingerprint density at radius 1 is 1.07 bits per heavy atom. The molecule has 140 valence electrons. The Hall–Kier alpha value is -2.83. The summed E-state index contributed by atoms with van der Waals surface area (Å²) in [5.41, 5.74) is 0.000127. The minimum Gasteiger partial charge on any atom is -0.458 e. The summed E-state index contributed by atoms with van der Waals surface area (Å²) < 4.78 is 5.63. The molecule has 1 heterocycles. The highest BCUT2D eigenvalue weighted by atomic mass is 35.5. The third-order valence-corrected chi connectivity index (χ3v) is 4.37. The molecule has 0 aliphatic heterocycles. The molecule has 2 aromatic carbocycles. The number of furan rings is 1. The first-order chi connectivity index (χ1) is 12.8. The number of amides is 2. The first-order valence-electron chi connectivity index (χ1n) is 8.37. The molecule has 0 bridgehead atoms. The second kappa shape index (κ2) is 7.82. The fourth-order valence-corrected chi connectivity index (χ4v) is 2.66. The Bertz CT molecular complexity index is 931. The van der Waals surface area contributed by atoms with Gasteiger partial charge in [0.05, 0.1) is 6.54 Å². The molecule has 7 heteroatoms. The summed E-state index contributed by atoms with van der Waals surface area (Å²) in [5.74, 6) is -1.31. The van der Waals surface area contributed by atoms with Crippen molar-refractivity contribution < 1.29 is 19.1 Å². The van der Waals surface area contributed by atoms with E-state index in [0.717, 1.165) is 10.9 Å². The van der Waals surface area contributed by atoms with Crippen molar-refractivity contribution in [3.8, 4) is 0 Å². The Balaban J connectivity index is 1.55. The van der Waals surface area contributed by atoms with Crippen molar-refractivity contribution in [3.63, 3.8) is 0 Å². The van der Waals surface area contributed by atoms with Gasteiger partial charge in [-0.15, -0.1) is 0 Å². The van der Waals surface area contributed by atoms with E-state index < -0.39 is 17.4 Å². The van der Waals surface area contributed by atoms with Crippen molar-refractivity contribution >= 4 is 34.4 Å². The molecule has 1 unspecified atom stereocenters. The number of benzene rings is 2. The first-order valence-corrected chi connectivity index (χ1v) is 8.75. The van der Waals surface area contributed by atoms with Crippen LogP contribution in [0, 0.1) is 0 Å². The number of aliphatic hydroxyl groups is 1. The third-order valence-electron chi connectivity index (χ3n) is 4.12. The molecule has 3 rings (SSSR count). The van der Waals surface area contributed by atoms with E-state index in [1.165, 1.54) is 6.92 Å². The van der Waals surface area contributed by atoms with Crippen LogP contribution in [0.25, 0.3) is 11.0 Å². The van der Waals surface area contributed by atoms with Gasteiger partial charge in [-0.05, 0) is 36.8 Å². The first kappa shape index (κ1) is 18.9. The summed E-state index contributed by atoms with van der Waals surface area (Å²) in [6.07, 6.45) is 0. The van der Waals surface area contributed by atoms with E-state index in [1.807, 2.05) is 18.2 Å². The van der Waals surface area contributed by atoms with Crippen molar-refractivity contribution in [2.45, 2.75) is 19.1 Å². The molecule has 2 amide bonds. The van der Waals surface area contributed by atoms with Gasteiger partial charge >= 0.3 is 11.8 Å². The van der Waals surface area contributed by atoms with Gasteiger partial charge < -0.3 is 20.2 Å². The zero-order valence-corrected chi connectivity index (χ0v) is 15.4. The molecule has 0 spiro atoms. The van der Waals surface area contributed by atoms with Gasteiger partial charge in [-0.3, -0.25) is 9.59 Å². The van der Waals surface area contributed by atoms with Gasteiger partial charge in [0.15, 0.2) is 0 Å². The Morgan fingerprint density at radius 3 is 2.44 bits per heavy atom. The van der Waals surface area contributed by atoms with Gasteiger partial charge in [-0.1, -0.05) is 41.9 Å². The van der Waals surface area contributed by atoms with E-state index in [9.17, 15) is 14.7 Å². The van der Waals surface area contributed by atoms with Crippen molar-refractivity contribution in [1.82, 2.24) is 10.6 Å². The maximum atomic E-state index is 12.0. The van der Waals surface area contributed by atoms with E-state index in [4.69, 9.17) is 16.0 Å². The molecular weight excluding hydrogens is 368 g/mol. The molecule has 3 aromatic rings. The Kier molecular flexibility index (Phi) is 5.48. The molecule has 1 atom stereocenters. The lowest BCUT2D eigenvalue weighted by atomic mass is 10.0. The van der Waals surface area contributed by atoms with E-state index in [0.29, 0.717) is 16.4 Å². The molecule has 0 radical (unpaired) electrons. The minimum absolute atomic E-state index is 0.167. The predicted molar refractivity (Wildman–Crippen MR) is 102 cm³/mol. The third kappa shape index (κ3) is 4.67. The summed E-state index contributed by atoms with van der Waals surface area (Å²) in [6, 6.07) is 16.0. The van der Waals surface area contributed by atoms with Gasteiger partial charge in [0.2, 0.25) is 0 Å². The Morgan fingerprint density at radius 2 is 1.74 bits per heavy atom. The van der Waals surface area contributed by atoms with E-state index in [-0.39, 0.29) is 13.1 Å². The summed E-state index contributed by atoms with van der Waals surface area (Å²) in [4.78, 5) is 23.9. The normalized spacial score (nSPS) is 13.1. The second-order valence-corrected chi connectivity index (χ2v) is 6.85. The van der Waals surface area contributed by atoms with Crippen LogP contribution in [-0.2, 0) is 21.7 Å². The smallest absolute Gasteiger partial charge is 0.309 e. The van der Waals surface area contributed by atoms with Crippen LogP contribution >= 0.6 is 11.6 Å². The summed E-state index contributed by atoms with van der Waals surface area (Å²) in [7, 11) is 0. The van der Waals surface area contributed by atoms with Gasteiger partial charge in [0.25, 0.3) is 0 Å². The van der Waals surface area contributed by atoms with Crippen LogP contribution in [-0.4, -0.2) is 23.5 Å². The van der Waals surface area contributed by atoms with Gasteiger partial charge in [-0.25, -0.2) is 0 Å². The van der Waals surface area contributed by atoms with Gasteiger partial charge in [0, 0.05) is 17.0 Å². The van der Waals surface area contributed by atoms with Crippen LogP contribution in [0.4, 0.5) is 0 Å². The van der Waals surface area contributed by atoms with Crippen LogP contribution < -0.4 is 10.6 Å². The monoisotopic (exact) mass is 386 g/mol. The summed E-state index contributed by atoms with van der Waals surface area (Å²) in [6.45, 7) is 1.54. The predicted octanol–water partition coefficient (Wildman–Crippen LogP) is 2.73. The highest BCUT2D eigenvalue weighted by molar-refractivity contribution is 6.35. The molecule has 27 heavy (non-hydrogen) atoms. The van der Waals surface area contributed by atoms with Crippen LogP contribution in [0.5, 0.6) is 0 Å². The van der Waals surface area contributed by atoms with Crippen molar-refractivity contribution in [3.05, 3.63) is 70.9 Å². The highest BCUT2D eigenvalue weighted by Gasteiger charge is 2.29. The maximum absolute atomic E-state index is 12.0. The number of carbonyl (C=O) groups is 2. The lowest BCUT2D eigenvalue weighted by Gasteiger charge is -2.20. The van der Waals surface area contributed by atoms with Crippen molar-refractivity contribution in [1.29, 1.82) is 0 Å². The molecule has 0 saturated heterocycles. The fourth-order valence-electron chi connectivity index (χ4n) is 2.53. The van der Waals surface area contributed by atoms with Crippen LogP contribution in [0.2, 0.25) is 5.02 Å². The maximum Gasteiger partial charge on any atom is 0.309 e. The van der Waals surface area contributed by atoms with Crippen LogP contribution in [0.15, 0.2) is 59.0 Å². The molecule has 0 aliphatic carbocycles. The molecular formula is C20H19ClN2O4. The average Bonchev–Trinajstić information content (AvgIpc) is 3.10. The number of rotatable bonds is 5. The zero-order valence-electron chi connectivity index (χ0n) is 14.7. The molecule has 0 fully saturated rings. The number of halogens is 1. The quantitative estimate of drug-likeness (QED) is 0.588. The number of nitrogens with one attached hydrogen (secondary N) is 2. The molecule has 6 nitrogen and oxygen atoms in total. The van der Waals surface area contributed by atoms with E-state index in [1.54, 1.807) is 36.4 Å². The highest BCUT2D eigenvalue weighted by Crippen LogP contribution is 2.27. The Labute approximate surface area is 161 Å². The minimum atomic E-state index is -1.45. The van der Waals surface area contributed by atoms with Crippen molar-refractivity contribution in [2.75, 3.05) is 6.54 Å². The topological polar surface area (TPSA) is 91.6 Å². The number of fused-ring (bicyclic) bond motifs is 1. The SMILES string of the molecule is CC(O)(CNC(=O)C(=O)NCc1ccc(Cl)cc1)c1cc2ccccc2o1. The fraction of sp³-hybridized carbons (Fsp3) is 0.200. The second-order valence-electron chi connectivity index (χ2n) is 6.41. The van der Waals surface area contributed by atoms with Crippen LogP contribution in [0.1, 0.15) is 18.2 Å². The molecule has 3 N–H and O–H groups in total.